The fourth-order valence-corrected chi connectivity index (χ4v) is 1.96. The van der Waals surface area contributed by atoms with Gasteiger partial charge in [0.15, 0.2) is 10.8 Å². The highest BCUT2D eigenvalue weighted by atomic mass is 32.1. The SMILES string of the molecule is c1coc(-c2nn3ccnc3s2)c1. The highest BCUT2D eigenvalue weighted by Crippen LogP contribution is 2.24. The molecule has 4 nitrogen and oxygen atoms in total. The molecule has 3 aromatic rings. The number of furan rings is 1. The summed E-state index contributed by atoms with van der Waals surface area (Å²) < 4.78 is 6.96. The largest absolute Gasteiger partial charge is 0.462 e. The maximum atomic E-state index is 5.23. The summed E-state index contributed by atoms with van der Waals surface area (Å²) in [5, 5.41) is 5.15. The molecule has 13 heavy (non-hydrogen) atoms. The monoisotopic (exact) mass is 191 g/mol. The van der Waals surface area contributed by atoms with Gasteiger partial charge in [0, 0.05) is 6.20 Å². The Kier molecular flexibility index (Phi) is 1.28. The van der Waals surface area contributed by atoms with Crippen LogP contribution in [0.25, 0.3) is 15.7 Å². The Morgan fingerprint density at radius 2 is 2.46 bits per heavy atom. The third-order valence-corrected chi connectivity index (χ3v) is 2.66. The molecule has 0 N–H and O–H groups in total. The first kappa shape index (κ1) is 6.85. The van der Waals surface area contributed by atoms with E-state index in [2.05, 4.69) is 10.1 Å². The number of hydrogen-bond acceptors (Lipinski definition) is 4. The van der Waals surface area contributed by atoms with Crippen molar-refractivity contribution in [3.8, 4) is 10.8 Å². The Balaban J connectivity index is 2.23. The predicted octanol–water partition coefficient (Wildman–Crippen LogP) is 2.05. The lowest BCUT2D eigenvalue weighted by molar-refractivity contribution is 0.580. The van der Waals surface area contributed by atoms with Gasteiger partial charge in [-0.05, 0) is 12.1 Å². The van der Waals surface area contributed by atoms with E-state index in [1.807, 2.05) is 18.3 Å². The topological polar surface area (TPSA) is 43.3 Å². The van der Waals surface area contributed by atoms with E-state index in [1.165, 1.54) is 11.3 Å². The number of hydrogen-bond donors (Lipinski definition) is 0. The van der Waals surface area contributed by atoms with Crippen LogP contribution in [-0.2, 0) is 0 Å². The van der Waals surface area contributed by atoms with Crippen LogP contribution in [0.2, 0.25) is 0 Å². The van der Waals surface area contributed by atoms with E-state index in [1.54, 1.807) is 17.0 Å². The van der Waals surface area contributed by atoms with Crippen molar-refractivity contribution in [2.75, 3.05) is 0 Å². The molecule has 0 aliphatic carbocycles. The van der Waals surface area contributed by atoms with Crippen molar-refractivity contribution in [2.24, 2.45) is 0 Å². The normalized spacial score (nSPS) is 11.1. The molecule has 0 spiro atoms. The Morgan fingerprint density at radius 3 is 3.23 bits per heavy atom. The van der Waals surface area contributed by atoms with Crippen LogP contribution in [0.1, 0.15) is 0 Å². The highest BCUT2D eigenvalue weighted by Gasteiger charge is 2.08. The van der Waals surface area contributed by atoms with E-state index < -0.39 is 0 Å². The molecule has 0 aromatic carbocycles. The minimum Gasteiger partial charge on any atom is -0.462 e. The van der Waals surface area contributed by atoms with E-state index >= 15 is 0 Å². The van der Waals surface area contributed by atoms with Gasteiger partial charge in [-0.2, -0.15) is 5.10 Å². The zero-order chi connectivity index (χ0) is 8.67. The van der Waals surface area contributed by atoms with Crippen LogP contribution in [0, 0.1) is 0 Å². The second kappa shape index (κ2) is 2.43. The fraction of sp³-hybridized carbons (Fsp3) is 0. The van der Waals surface area contributed by atoms with Crippen LogP contribution in [0.3, 0.4) is 0 Å². The van der Waals surface area contributed by atoms with E-state index in [-0.39, 0.29) is 0 Å². The predicted molar refractivity (Wildman–Crippen MR) is 48.6 cm³/mol. The molecule has 3 heterocycles. The average Bonchev–Trinajstić information content (AvgIpc) is 2.78. The molecule has 0 unspecified atom stereocenters. The quantitative estimate of drug-likeness (QED) is 0.591. The number of imidazole rings is 1. The lowest BCUT2D eigenvalue weighted by Crippen LogP contribution is -1.79. The van der Waals surface area contributed by atoms with Crippen molar-refractivity contribution in [1.82, 2.24) is 14.6 Å². The van der Waals surface area contributed by atoms with Gasteiger partial charge in [0.2, 0.25) is 4.96 Å². The minimum atomic E-state index is 0.788. The Hall–Kier alpha value is -1.62. The first-order valence-corrected chi connectivity index (χ1v) is 4.59. The molecule has 0 saturated heterocycles. The summed E-state index contributed by atoms with van der Waals surface area (Å²) in [6.45, 7) is 0. The standard InChI is InChI=1S/C8H5N3OS/c1-2-6(12-5-1)7-10-11-4-3-9-8(11)13-7/h1-5H. The van der Waals surface area contributed by atoms with Gasteiger partial charge in [0.25, 0.3) is 0 Å². The Morgan fingerprint density at radius 1 is 1.46 bits per heavy atom. The number of rotatable bonds is 1. The zero-order valence-electron chi connectivity index (χ0n) is 6.54. The van der Waals surface area contributed by atoms with Crippen LogP contribution in [0.4, 0.5) is 0 Å². The number of fused-ring (bicyclic) bond motifs is 1. The van der Waals surface area contributed by atoms with Gasteiger partial charge in [-0.3, -0.25) is 0 Å². The molecule has 0 fully saturated rings. The Labute approximate surface area is 77.4 Å². The molecule has 0 aliphatic rings. The highest BCUT2D eigenvalue weighted by molar-refractivity contribution is 7.19. The maximum absolute atomic E-state index is 5.23. The maximum Gasteiger partial charge on any atom is 0.212 e. The molecular formula is C8H5N3OS. The molecule has 0 saturated carbocycles. The van der Waals surface area contributed by atoms with E-state index in [9.17, 15) is 0 Å². The zero-order valence-corrected chi connectivity index (χ0v) is 7.36. The van der Waals surface area contributed by atoms with E-state index in [0.29, 0.717) is 0 Å². The molecule has 3 aromatic heterocycles. The van der Waals surface area contributed by atoms with Crippen LogP contribution >= 0.6 is 11.3 Å². The van der Waals surface area contributed by atoms with Gasteiger partial charge >= 0.3 is 0 Å². The molecule has 64 valence electrons. The van der Waals surface area contributed by atoms with Crippen molar-refractivity contribution in [1.29, 1.82) is 0 Å². The van der Waals surface area contributed by atoms with Gasteiger partial charge < -0.3 is 4.42 Å². The van der Waals surface area contributed by atoms with Crippen LogP contribution in [0.5, 0.6) is 0 Å². The molecule has 0 aliphatic heterocycles. The summed E-state index contributed by atoms with van der Waals surface area (Å²) >= 11 is 1.51. The van der Waals surface area contributed by atoms with Crippen LogP contribution in [0.15, 0.2) is 35.2 Å². The van der Waals surface area contributed by atoms with Crippen molar-refractivity contribution in [3.05, 3.63) is 30.8 Å². The summed E-state index contributed by atoms with van der Waals surface area (Å²) in [7, 11) is 0. The second-order valence-corrected chi connectivity index (χ2v) is 3.49. The van der Waals surface area contributed by atoms with E-state index in [4.69, 9.17) is 4.42 Å². The summed E-state index contributed by atoms with van der Waals surface area (Å²) in [5.74, 6) is 0.788. The lowest BCUT2D eigenvalue weighted by atomic mass is 10.5. The van der Waals surface area contributed by atoms with Crippen LogP contribution < -0.4 is 0 Å². The molecule has 5 heteroatoms. The minimum absolute atomic E-state index is 0.788. The van der Waals surface area contributed by atoms with Crippen molar-refractivity contribution in [2.45, 2.75) is 0 Å². The third-order valence-electron chi connectivity index (χ3n) is 1.71. The average molecular weight is 191 g/mol. The molecule has 0 atom stereocenters. The Bertz CT molecular complexity index is 494. The van der Waals surface area contributed by atoms with Crippen molar-refractivity contribution < 1.29 is 4.42 Å². The smallest absolute Gasteiger partial charge is 0.212 e. The van der Waals surface area contributed by atoms with Gasteiger partial charge in [-0.15, -0.1) is 0 Å². The van der Waals surface area contributed by atoms with Gasteiger partial charge in [-0.1, -0.05) is 11.3 Å². The molecule has 0 bridgehead atoms. The summed E-state index contributed by atoms with van der Waals surface area (Å²) in [6.07, 6.45) is 5.18. The van der Waals surface area contributed by atoms with Gasteiger partial charge in [0.1, 0.15) is 0 Å². The third kappa shape index (κ3) is 0.972. The number of nitrogens with zero attached hydrogens (tertiary/aromatic N) is 3. The molecule has 3 rings (SSSR count). The van der Waals surface area contributed by atoms with Gasteiger partial charge in [-0.25, -0.2) is 9.50 Å². The second-order valence-electron chi connectivity index (χ2n) is 2.54. The van der Waals surface area contributed by atoms with Crippen molar-refractivity contribution in [3.63, 3.8) is 0 Å². The summed E-state index contributed by atoms with van der Waals surface area (Å²) in [6, 6.07) is 3.73. The van der Waals surface area contributed by atoms with Crippen LogP contribution in [-0.4, -0.2) is 14.6 Å². The van der Waals surface area contributed by atoms with Gasteiger partial charge in [0.05, 0.1) is 12.5 Å². The molecule has 0 radical (unpaired) electrons. The summed E-state index contributed by atoms with van der Waals surface area (Å²) in [5.41, 5.74) is 0. The first-order valence-electron chi connectivity index (χ1n) is 3.77. The van der Waals surface area contributed by atoms with Crippen molar-refractivity contribution >= 4 is 16.3 Å². The first-order chi connectivity index (χ1) is 6.43. The molecule has 0 amide bonds. The summed E-state index contributed by atoms with van der Waals surface area (Å²) in [4.78, 5) is 5.01. The van der Waals surface area contributed by atoms with E-state index in [0.717, 1.165) is 15.7 Å². The molecular weight excluding hydrogens is 186 g/mol. The fourth-order valence-electron chi connectivity index (χ4n) is 1.14. The lowest BCUT2D eigenvalue weighted by Gasteiger charge is -1.83. The number of aromatic nitrogens is 3.